The number of ether oxygens (including phenoxy) is 1. The lowest BCUT2D eigenvalue weighted by Gasteiger charge is -2.20. The fourth-order valence-electron chi connectivity index (χ4n) is 2.86. The first-order chi connectivity index (χ1) is 12.6. The first kappa shape index (κ1) is 19.7. The van der Waals surface area contributed by atoms with Crippen molar-refractivity contribution in [2.75, 3.05) is 4.31 Å². The molecule has 1 amide bonds. The Morgan fingerprint density at radius 3 is 2.26 bits per heavy atom. The highest BCUT2D eigenvalue weighted by molar-refractivity contribution is 8.03. The van der Waals surface area contributed by atoms with Crippen LogP contribution in [0.3, 0.4) is 0 Å². The Kier molecular flexibility index (Phi) is 5.25. The third-order valence-corrected chi connectivity index (χ3v) is 6.46. The minimum absolute atomic E-state index is 0.00643. The maximum atomic E-state index is 13.2. The molecule has 0 unspecified atom stereocenters. The average Bonchev–Trinajstić information content (AvgIpc) is 2.76. The Labute approximate surface area is 168 Å². The van der Waals surface area contributed by atoms with E-state index >= 15 is 0 Å². The van der Waals surface area contributed by atoms with Crippen LogP contribution in [0.5, 0.6) is 5.75 Å². The number of rotatable bonds is 4. The van der Waals surface area contributed by atoms with Gasteiger partial charge in [0.25, 0.3) is 15.9 Å². The number of sulfonamides is 1. The van der Waals surface area contributed by atoms with E-state index in [4.69, 9.17) is 27.9 Å². The molecule has 142 valence electrons. The van der Waals surface area contributed by atoms with Crippen molar-refractivity contribution in [3.05, 3.63) is 63.6 Å². The molecule has 0 saturated carbocycles. The number of nitrogens with zero attached hydrogens (tertiary/aromatic N) is 1. The predicted molar refractivity (Wildman–Crippen MR) is 108 cm³/mol. The molecule has 0 fully saturated rings. The van der Waals surface area contributed by atoms with Gasteiger partial charge in [-0.05, 0) is 32.4 Å². The van der Waals surface area contributed by atoms with Gasteiger partial charge in [-0.2, -0.15) is 4.31 Å². The van der Waals surface area contributed by atoms with Gasteiger partial charge in [-0.25, -0.2) is 8.42 Å². The van der Waals surface area contributed by atoms with Crippen molar-refractivity contribution in [3.8, 4) is 5.75 Å². The molecule has 0 bridgehead atoms. The number of hydrogen-bond acceptors (Lipinski definition) is 4. The Balaban J connectivity index is 2.12. The zero-order chi connectivity index (χ0) is 19.9. The molecule has 0 atom stereocenters. The summed E-state index contributed by atoms with van der Waals surface area (Å²) in [7, 11) is -4.13. The van der Waals surface area contributed by atoms with E-state index < -0.39 is 15.9 Å². The third-order valence-electron chi connectivity index (χ3n) is 3.96. The van der Waals surface area contributed by atoms with E-state index in [0.29, 0.717) is 15.6 Å². The number of carbonyl (C=O) groups is 1. The standard InChI is InChI=1S/C19H17Cl2NO4S/c1-11(2)26-17-10-14(20)16(9-15(17)21)22-19(23)12(3)18(27(22,24)25)13-7-5-4-6-8-13/h4-11H,1-3H3. The van der Waals surface area contributed by atoms with E-state index in [1.165, 1.54) is 19.1 Å². The molecule has 27 heavy (non-hydrogen) atoms. The topological polar surface area (TPSA) is 63.7 Å². The maximum Gasteiger partial charge on any atom is 0.272 e. The van der Waals surface area contributed by atoms with Crippen LogP contribution in [0.1, 0.15) is 26.3 Å². The first-order valence-electron chi connectivity index (χ1n) is 8.16. The number of halogens is 2. The fourth-order valence-corrected chi connectivity index (χ4v) is 5.20. The van der Waals surface area contributed by atoms with Crippen LogP contribution < -0.4 is 9.04 Å². The summed E-state index contributed by atoms with van der Waals surface area (Å²) in [5.41, 5.74) is 0.553. The summed E-state index contributed by atoms with van der Waals surface area (Å²) in [5.74, 6) is -0.346. The smallest absolute Gasteiger partial charge is 0.272 e. The first-order valence-corrected chi connectivity index (χ1v) is 10.4. The lowest BCUT2D eigenvalue weighted by atomic mass is 10.1. The third kappa shape index (κ3) is 3.45. The van der Waals surface area contributed by atoms with Gasteiger partial charge in [-0.3, -0.25) is 4.79 Å². The van der Waals surface area contributed by atoms with Crippen LogP contribution in [-0.2, 0) is 14.8 Å². The molecule has 3 rings (SSSR count). The zero-order valence-corrected chi connectivity index (χ0v) is 17.2. The summed E-state index contributed by atoms with van der Waals surface area (Å²) in [5, 5.41) is 0.214. The molecule has 0 N–H and O–H groups in total. The van der Waals surface area contributed by atoms with Crippen molar-refractivity contribution in [2.45, 2.75) is 26.9 Å². The second-order valence-corrected chi connectivity index (χ2v) is 8.83. The number of benzene rings is 2. The van der Waals surface area contributed by atoms with Crippen molar-refractivity contribution in [1.29, 1.82) is 0 Å². The zero-order valence-electron chi connectivity index (χ0n) is 14.9. The molecule has 0 saturated heterocycles. The van der Waals surface area contributed by atoms with E-state index in [9.17, 15) is 13.2 Å². The van der Waals surface area contributed by atoms with Gasteiger partial charge in [0.15, 0.2) is 0 Å². The predicted octanol–water partition coefficient (Wildman–Crippen LogP) is 4.89. The molecule has 5 nitrogen and oxygen atoms in total. The van der Waals surface area contributed by atoms with Crippen molar-refractivity contribution >= 4 is 49.7 Å². The van der Waals surface area contributed by atoms with Gasteiger partial charge in [0, 0.05) is 11.6 Å². The monoisotopic (exact) mass is 425 g/mol. The van der Waals surface area contributed by atoms with Crippen LogP contribution >= 0.6 is 23.2 Å². The molecule has 1 heterocycles. The number of carbonyl (C=O) groups excluding carboxylic acids is 1. The number of amides is 1. The van der Waals surface area contributed by atoms with Gasteiger partial charge < -0.3 is 4.74 Å². The summed E-state index contributed by atoms with van der Waals surface area (Å²) >= 11 is 12.5. The second-order valence-electron chi connectivity index (χ2n) is 6.30. The summed E-state index contributed by atoms with van der Waals surface area (Å²) in [6.07, 6.45) is -0.143. The van der Waals surface area contributed by atoms with Crippen molar-refractivity contribution in [1.82, 2.24) is 0 Å². The minimum atomic E-state index is -4.13. The Morgan fingerprint density at radius 2 is 1.67 bits per heavy atom. The van der Waals surface area contributed by atoms with Crippen LogP contribution in [0.25, 0.3) is 4.91 Å². The van der Waals surface area contributed by atoms with Gasteiger partial charge in [0.05, 0.1) is 21.8 Å². The molecular formula is C19H17Cl2NO4S. The van der Waals surface area contributed by atoms with E-state index in [-0.39, 0.29) is 32.3 Å². The van der Waals surface area contributed by atoms with Gasteiger partial charge in [-0.15, -0.1) is 0 Å². The lowest BCUT2D eigenvalue weighted by Crippen LogP contribution is -2.31. The normalized spacial score (nSPS) is 16.4. The molecule has 0 radical (unpaired) electrons. The highest BCUT2D eigenvalue weighted by Crippen LogP contribution is 2.44. The second kappa shape index (κ2) is 7.19. The molecule has 2 aromatic rings. The molecule has 1 aliphatic heterocycles. The summed E-state index contributed by atoms with van der Waals surface area (Å²) in [6, 6.07) is 11.2. The summed E-state index contributed by atoms with van der Waals surface area (Å²) < 4.78 is 32.6. The van der Waals surface area contributed by atoms with Gasteiger partial charge >= 0.3 is 0 Å². The Hall–Kier alpha value is -2.02. The number of hydrogen-bond donors (Lipinski definition) is 0. The van der Waals surface area contributed by atoms with Crippen LogP contribution in [0, 0.1) is 0 Å². The quantitative estimate of drug-likeness (QED) is 0.699. The van der Waals surface area contributed by atoms with Crippen LogP contribution in [0.2, 0.25) is 10.0 Å². The van der Waals surface area contributed by atoms with Crippen LogP contribution in [-0.4, -0.2) is 20.4 Å². The van der Waals surface area contributed by atoms with Gasteiger partial charge in [0.1, 0.15) is 10.7 Å². The Bertz CT molecular complexity index is 1050. The minimum Gasteiger partial charge on any atom is -0.489 e. The van der Waals surface area contributed by atoms with Crippen molar-refractivity contribution in [2.24, 2.45) is 0 Å². The maximum absolute atomic E-state index is 13.2. The lowest BCUT2D eigenvalue weighted by molar-refractivity contribution is -0.113. The summed E-state index contributed by atoms with van der Waals surface area (Å²) in [6.45, 7) is 5.13. The van der Waals surface area contributed by atoms with Gasteiger partial charge in [0.2, 0.25) is 0 Å². The highest BCUT2D eigenvalue weighted by atomic mass is 35.5. The molecule has 0 spiro atoms. The van der Waals surface area contributed by atoms with Crippen molar-refractivity contribution < 1.29 is 17.9 Å². The van der Waals surface area contributed by atoms with Crippen LogP contribution in [0.15, 0.2) is 48.0 Å². The number of anilines is 1. The van der Waals surface area contributed by atoms with E-state index in [1.54, 1.807) is 30.3 Å². The van der Waals surface area contributed by atoms with Crippen LogP contribution in [0.4, 0.5) is 5.69 Å². The molecule has 1 aliphatic rings. The molecule has 2 aromatic carbocycles. The molecule has 0 aromatic heterocycles. The van der Waals surface area contributed by atoms with E-state index in [2.05, 4.69) is 0 Å². The van der Waals surface area contributed by atoms with Gasteiger partial charge in [-0.1, -0.05) is 53.5 Å². The summed E-state index contributed by atoms with van der Waals surface area (Å²) in [4.78, 5) is 12.7. The molecular weight excluding hydrogens is 409 g/mol. The largest absolute Gasteiger partial charge is 0.489 e. The molecule has 0 aliphatic carbocycles. The fraction of sp³-hybridized carbons (Fsp3) is 0.211. The van der Waals surface area contributed by atoms with E-state index in [0.717, 1.165) is 0 Å². The van der Waals surface area contributed by atoms with Crippen molar-refractivity contribution in [3.63, 3.8) is 0 Å². The SMILES string of the molecule is CC1=C(c2ccccc2)S(=O)(=O)N(c2cc(Cl)c(OC(C)C)cc2Cl)C1=O. The van der Waals surface area contributed by atoms with E-state index in [1.807, 2.05) is 13.8 Å². The highest BCUT2D eigenvalue weighted by Gasteiger charge is 2.44. The average molecular weight is 426 g/mol. The Morgan fingerprint density at radius 1 is 1.04 bits per heavy atom. The molecule has 8 heteroatoms.